The monoisotopic (exact) mass is 440 g/mol. The molecule has 1 amide bonds. The van der Waals surface area contributed by atoms with Gasteiger partial charge in [0.25, 0.3) is 5.91 Å². The summed E-state index contributed by atoms with van der Waals surface area (Å²) in [5, 5.41) is 13.6. The number of aliphatic hydroxyl groups is 1. The molecule has 8 heteroatoms. The van der Waals surface area contributed by atoms with Gasteiger partial charge in [-0.25, -0.2) is 4.99 Å². The van der Waals surface area contributed by atoms with Crippen LogP contribution in [0.4, 0.5) is 0 Å². The van der Waals surface area contributed by atoms with E-state index in [0.717, 1.165) is 22.1 Å². The van der Waals surface area contributed by atoms with Gasteiger partial charge in [-0.2, -0.15) is 0 Å². The SMILES string of the molecule is C=C(/N=C1/SC(C(N)=O)=C(N)/C1=C(/C)c1csc2ccccc12)N1CCC(O)CC1. The summed E-state index contributed by atoms with van der Waals surface area (Å²) in [6, 6.07) is 8.19. The van der Waals surface area contributed by atoms with Gasteiger partial charge < -0.3 is 21.5 Å². The molecule has 2 aromatic rings. The Kier molecular flexibility index (Phi) is 5.73. The van der Waals surface area contributed by atoms with Crippen LogP contribution in [0, 0.1) is 0 Å². The van der Waals surface area contributed by atoms with Gasteiger partial charge in [0.15, 0.2) is 0 Å². The molecule has 1 saturated heterocycles. The molecule has 2 aliphatic heterocycles. The fraction of sp³-hybridized carbons (Fsp3) is 0.273. The lowest BCUT2D eigenvalue weighted by Crippen LogP contribution is -2.34. The second-order valence-corrected chi connectivity index (χ2v) is 9.32. The van der Waals surface area contributed by atoms with Crippen LogP contribution in [0.3, 0.4) is 0 Å². The molecule has 0 aliphatic carbocycles. The van der Waals surface area contributed by atoms with E-state index in [1.54, 1.807) is 11.3 Å². The van der Waals surface area contributed by atoms with Crippen LogP contribution < -0.4 is 11.5 Å². The number of carbonyl (C=O) groups excluding carboxylic acids is 1. The van der Waals surface area contributed by atoms with E-state index in [1.165, 1.54) is 16.5 Å². The van der Waals surface area contributed by atoms with Crippen molar-refractivity contribution in [2.24, 2.45) is 16.5 Å². The number of fused-ring (bicyclic) bond motifs is 1. The molecular formula is C22H24N4O2S2. The van der Waals surface area contributed by atoms with Crippen molar-refractivity contribution < 1.29 is 9.90 Å². The summed E-state index contributed by atoms with van der Waals surface area (Å²) < 4.78 is 1.19. The number of likely N-dealkylation sites (tertiary alicyclic amines) is 1. The van der Waals surface area contributed by atoms with Gasteiger partial charge in [0, 0.05) is 23.4 Å². The molecular weight excluding hydrogens is 416 g/mol. The molecule has 30 heavy (non-hydrogen) atoms. The van der Waals surface area contributed by atoms with Gasteiger partial charge in [0.1, 0.15) is 15.8 Å². The third-order valence-corrected chi connectivity index (χ3v) is 7.55. The summed E-state index contributed by atoms with van der Waals surface area (Å²) in [4.78, 5) is 19.1. The van der Waals surface area contributed by atoms with Crippen molar-refractivity contribution >= 4 is 49.7 Å². The number of thiophene rings is 1. The van der Waals surface area contributed by atoms with Crippen molar-refractivity contribution in [3.63, 3.8) is 0 Å². The van der Waals surface area contributed by atoms with E-state index < -0.39 is 5.91 Å². The molecule has 1 aromatic heterocycles. The number of hydrogen-bond donors (Lipinski definition) is 3. The molecule has 0 radical (unpaired) electrons. The zero-order chi connectivity index (χ0) is 21.4. The number of nitrogens with zero attached hydrogens (tertiary/aromatic N) is 2. The molecule has 0 unspecified atom stereocenters. The Morgan fingerprint density at radius 3 is 2.70 bits per heavy atom. The maximum atomic E-state index is 12.0. The van der Waals surface area contributed by atoms with E-state index in [2.05, 4.69) is 24.1 Å². The summed E-state index contributed by atoms with van der Waals surface area (Å²) in [5.74, 6) is 0.0401. The second kappa shape index (κ2) is 8.29. The van der Waals surface area contributed by atoms with Gasteiger partial charge >= 0.3 is 0 Å². The fourth-order valence-electron chi connectivity index (χ4n) is 3.77. The largest absolute Gasteiger partial charge is 0.397 e. The Balaban J connectivity index is 1.78. The van der Waals surface area contributed by atoms with Crippen LogP contribution >= 0.6 is 23.1 Å². The average Bonchev–Trinajstić information content (AvgIpc) is 3.29. The van der Waals surface area contributed by atoms with Gasteiger partial charge in [0.2, 0.25) is 0 Å². The van der Waals surface area contributed by atoms with E-state index in [0.29, 0.717) is 47.4 Å². The lowest BCUT2D eigenvalue weighted by atomic mass is 9.99. The van der Waals surface area contributed by atoms with Crippen molar-refractivity contribution in [2.75, 3.05) is 13.1 Å². The zero-order valence-electron chi connectivity index (χ0n) is 16.7. The Morgan fingerprint density at radius 1 is 1.30 bits per heavy atom. The number of piperidine rings is 1. The average molecular weight is 441 g/mol. The third kappa shape index (κ3) is 3.78. The molecule has 0 spiro atoms. The molecule has 4 rings (SSSR count). The van der Waals surface area contributed by atoms with Crippen LogP contribution in [0.15, 0.2) is 63.2 Å². The minimum atomic E-state index is -0.560. The molecule has 1 fully saturated rings. The van der Waals surface area contributed by atoms with Gasteiger partial charge in [-0.1, -0.05) is 36.5 Å². The summed E-state index contributed by atoms with van der Waals surface area (Å²) in [5.41, 5.74) is 15.1. The number of rotatable bonds is 4. The van der Waals surface area contributed by atoms with Crippen molar-refractivity contribution in [3.05, 3.63) is 63.8 Å². The number of primary amides is 1. The maximum Gasteiger partial charge on any atom is 0.257 e. The Hall–Kier alpha value is -2.55. The van der Waals surface area contributed by atoms with Crippen LogP contribution in [-0.2, 0) is 4.79 Å². The number of amides is 1. The Morgan fingerprint density at radius 2 is 2.00 bits per heavy atom. The first-order valence-corrected chi connectivity index (χ1v) is 11.4. The van der Waals surface area contributed by atoms with E-state index in [4.69, 9.17) is 16.5 Å². The van der Waals surface area contributed by atoms with Crippen LogP contribution in [0.5, 0.6) is 0 Å². The predicted octanol–water partition coefficient (Wildman–Crippen LogP) is 3.40. The number of hydrogen-bond acceptors (Lipinski definition) is 7. The number of allylic oxidation sites excluding steroid dienone is 2. The van der Waals surface area contributed by atoms with Crippen molar-refractivity contribution in [3.8, 4) is 0 Å². The summed E-state index contributed by atoms with van der Waals surface area (Å²) in [7, 11) is 0. The minimum absolute atomic E-state index is 0.272. The van der Waals surface area contributed by atoms with Gasteiger partial charge in [-0.3, -0.25) is 4.79 Å². The molecule has 5 N–H and O–H groups in total. The first-order chi connectivity index (χ1) is 14.4. The van der Waals surface area contributed by atoms with Crippen molar-refractivity contribution in [1.82, 2.24) is 4.90 Å². The summed E-state index contributed by atoms with van der Waals surface area (Å²) in [6.07, 6.45) is 1.10. The second-order valence-electron chi connectivity index (χ2n) is 7.41. The van der Waals surface area contributed by atoms with Crippen LogP contribution in [0.25, 0.3) is 15.7 Å². The summed E-state index contributed by atoms with van der Waals surface area (Å²) in [6.45, 7) is 7.50. The van der Waals surface area contributed by atoms with Crippen LogP contribution in [-0.4, -0.2) is 40.2 Å². The van der Waals surface area contributed by atoms with Crippen LogP contribution in [0.1, 0.15) is 25.3 Å². The standard InChI is InChI=1S/C22H24N4O2S2/c1-12(16-11-29-17-6-4-3-5-15(16)17)18-19(23)20(21(24)28)30-22(18)25-13(2)26-9-7-14(27)8-10-26/h3-6,11,14,27H,2,7-10,23H2,1H3,(H2,24,28)/b18-12+,25-22+. The highest BCUT2D eigenvalue weighted by atomic mass is 32.2. The Bertz CT molecular complexity index is 1120. The quantitative estimate of drug-likeness (QED) is 0.676. The minimum Gasteiger partial charge on any atom is -0.397 e. The summed E-state index contributed by atoms with van der Waals surface area (Å²) >= 11 is 2.87. The highest BCUT2D eigenvalue weighted by molar-refractivity contribution is 8.19. The third-order valence-electron chi connectivity index (χ3n) is 5.47. The lowest BCUT2D eigenvalue weighted by Gasteiger charge is -2.31. The number of aliphatic imine (C=N–C) groups is 1. The van der Waals surface area contributed by atoms with E-state index in [1.807, 2.05) is 24.0 Å². The molecule has 0 atom stereocenters. The number of aliphatic hydroxyl groups excluding tert-OH is 1. The topological polar surface area (TPSA) is 105 Å². The molecule has 0 bridgehead atoms. The van der Waals surface area contributed by atoms with E-state index >= 15 is 0 Å². The first-order valence-electron chi connectivity index (χ1n) is 9.73. The molecule has 2 aliphatic rings. The van der Waals surface area contributed by atoms with E-state index in [9.17, 15) is 9.90 Å². The van der Waals surface area contributed by atoms with Crippen molar-refractivity contribution in [2.45, 2.75) is 25.9 Å². The zero-order valence-corrected chi connectivity index (χ0v) is 18.4. The van der Waals surface area contributed by atoms with Gasteiger partial charge in [-0.15, -0.1) is 11.3 Å². The normalized spacial score (nSPS) is 21.0. The van der Waals surface area contributed by atoms with Crippen LogP contribution in [0.2, 0.25) is 0 Å². The highest BCUT2D eigenvalue weighted by Gasteiger charge is 2.31. The highest BCUT2D eigenvalue weighted by Crippen LogP contribution is 2.42. The van der Waals surface area contributed by atoms with E-state index in [-0.39, 0.29) is 6.10 Å². The number of nitrogens with two attached hydrogens (primary N) is 2. The van der Waals surface area contributed by atoms with Crippen molar-refractivity contribution in [1.29, 1.82) is 0 Å². The fourth-order valence-corrected chi connectivity index (χ4v) is 5.80. The molecule has 156 valence electrons. The lowest BCUT2D eigenvalue weighted by molar-refractivity contribution is -0.113. The molecule has 6 nitrogen and oxygen atoms in total. The maximum absolute atomic E-state index is 12.0. The van der Waals surface area contributed by atoms with Gasteiger partial charge in [0.05, 0.1) is 11.8 Å². The first kappa shape index (κ1) is 20.7. The predicted molar refractivity (Wildman–Crippen MR) is 126 cm³/mol. The molecule has 1 aromatic carbocycles. The molecule has 3 heterocycles. The molecule has 0 saturated carbocycles. The number of benzene rings is 1. The smallest absolute Gasteiger partial charge is 0.257 e. The Labute approximate surface area is 183 Å². The number of carbonyl (C=O) groups is 1. The van der Waals surface area contributed by atoms with Gasteiger partial charge in [-0.05, 0) is 47.7 Å². The number of thioether (sulfide) groups is 1.